The number of aliphatic hydroxyl groups excluding tert-OH is 1. The summed E-state index contributed by atoms with van der Waals surface area (Å²) in [6.45, 7) is -0.395. The predicted molar refractivity (Wildman–Crippen MR) is 63.3 cm³/mol. The zero-order valence-electron chi connectivity index (χ0n) is 8.86. The van der Waals surface area contributed by atoms with Crippen LogP contribution in [-0.4, -0.2) is 23.3 Å². The molecule has 2 aromatic rings. The van der Waals surface area contributed by atoms with E-state index in [0.717, 1.165) is 0 Å². The summed E-state index contributed by atoms with van der Waals surface area (Å²) in [6, 6.07) is 3.24. The summed E-state index contributed by atoms with van der Waals surface area (Å²) >= 11 is 3.29. The van der Waals surface area contributed by atoms with E-state index < -0.39 is 12.6 Å². The second kappa shape index (κ2) is 4.38. The lowest BCUT2D eigenvalue weighted by molar-refractivity contribution is 0.0660. The third-order valence-electron chi connectivity index (χ3n) is 2.42. The Labute approximate surface area is 105 Å². The fourth-order valence-electron chi connectivity index (χ4n) is 1.64. The van der Waals surface area contributed by atoms with Crippen molar-refractivity contribution in [1.82, 2.24) is 0 Å². The molecule has 6 heteroatoms. The van der Waals surface area contributed by atoms with E-state index in [4.69, 9.17) is 14.3 Å². The number of carboxylic acid groups (broad SMARTS) is 1. The van der Waals surface area contributed by atoms with Crippen LogP contribution in [0.25, 0.3) is 11.0 Å². The van der Waals surface area contributed by atoms with Crippen LogP contribution in [0.1, 0.15) is 16.1 Å². The van der Waals surface area contributed by atoms with Gasteiger partial charge in [0.2, 0.25) is 5.76 Å². The molecule has 0 bridgehead atoms. The lowest BCUT2D eigenvalue weighted by atomic mass is 10.1. The highest BCUT2D eigenvalue weighted by Crippen LogP contribution is 2.34. The normalized spacial score (nSPS) is 10.8. The molecule has 2 N–H and O–H groups in total. The summed E-state index contributed by atoms with van der Waals surface area (Å²) in [6.07, 6.45) is 0. The molecule has 1 heterocycles. The highest BCUT2D eigenvalue weighted by atomic mass is 79.9. The van der Waals surface area contributed by atoms with Crippen LogP contribution >= 0.6 is 15.9 Å². The third-order valence-corrected chi connectivity index (χ3v) is 3.04. The summed E-state index contributed by atoms with van der Waals surface area (Å²) in [5.74, 6) is -0.921. The van der Waals surface area contributed by atoms with Gasteiger partial charge in [0.1, 0.15) is 11.3 Å². The van der Waals surface area contributed by atoms with Gasteiger partial charge < -0.3 is 19.4 Å². The quantitative estimate of drug-likeness (QED) is 0.910. The second-order valence-corrected chi connectivity index (χ2v) is 4.21. The van der Waals surface area contributed by atoms with E-state index in [1.165, 1.54) is 7.11 Å². The Balaban J connectivity index is 2.78. The number of hydrogen-bond donors (Lipinski definition) is 2. The first-order chi connectivity index (χ1) is 8.08. The molecule has 0 spiro atoms. The molecule has 1 aromatic carbocycles. The number of rotatable bonds is 3. The average molecular weight is 301 g/mol. The first-order valence-electron chi connectivity index (χ1n) is 4.71. The Morgan fingerprint density at radius 1 is 1.53 bits per heavy atom. The molecule has 5 nitrogen and oxygen atoms in total. The van der Waals surface area contributed by atoms with Gasteiger partial charge in [-0.2, -0.15) is 0 Å². The molecule has 0 atom stereocenters. The van der Waals surface area contributed by atoms with Crippen molar-refractivity contribution in [2.24, 2.45) is 0 Å². The molecule has 0 aliphatic heterocycles. The molecule has 0 aliphatic rings. The molecule has 0 aliphatic carbocycles. The van der Waals surface area contributed by atoms with Crippen LogP contribution in [0.2, 0.25) is 0 Å². The van der Waals surface area contributed by atoms with E-state index in [9.17, 15) is 9.90 Å². The van der Waals surface area contributed by atoms with E-state index in [1.54, 1.807) is 12.1 Å². The fraction of sp³-hybridized carbons (Fsp3) is 0.182. The van der Waals surface area contributed by atoms with Gasteiger partial charge in [-0.15, -0.1) is 0 Å². The molecule has 1 aromatic heterocycles. The highest BCUT2D eigenvalue weighted by Gasteiger charge is 2.20. The molecule has 2 rings (SSSR count). The Morgan fingerprint density at radius 2 is 2.24 bits per heavy atom. The zero-order chi connectivity index (χ0) is 12.6. The first kappa shape index (κ1) is 11.9. The lowest BCUT2D eigenvalue weighted by Crippen LogP contribution is -1.98. The number of carbonyl (C=O) groups is 1. The van der Waals surface area contributed by atoms with Gasteiger partial charge in [-0.1, -0.05) is 0 Å². The van der Waals surface area contributed by atoms with Crippen molar-refractivity contribution in [2.75, 3.05) is 7.11 Å². The lowest BCUT2D eigenvalue weighted by Gasteiger charge is -2.02. The van der Waals surface area contributed by atoms with Crippen molar-refractivity contribution >= 4 is 32.9 Å². The van der Waals surface area contributed by atoms with Gasteiger partial charge in [-0.25, -0.2) is 4.79 Å². The number of ether oxygens (including phenoxy) is 1. The summed E-state index contributed by atoms with van der Waals surface area (Å²) in [4.78, 5) is 10.9. The average Bonchev–Trinajstić information content (AvgIpc) is 2.65. The second-order valence-electron chi connectivity index (χ2n) is 3.36. The van der Waals surface area contributed by atoms with E-state index in [2.05, 4.69) is 15.9 Å². The number of methoxy groups -OCH3 is 1. The topological polar surface area (TPSA) is 79.9 Å². The summed E-state index contributed by atoms with van der Waals surface area (Å²) < 4.78 is 10.9. The van der Waals surface area contributed by atoms with Crippen LogP contribution < -0.4 is 4.74 Å². The van der Waals surface area contributed by atoms with E-state index in [0.29, 0.717) is 21.2 Å². The molecule has 0 saturated heterocycles. The smallest absolute Gasteiger partial charge is 0.372 e. The summed E-state index contributed by atoms with van der Waals surface area (Å²) in [5.41, 5.74) is 0.627. The maximum Gasteiger partial charge on any atom is 0.372 e. The zero-order valence-corrected chi connectivity index (χ0v) is 10.4. The monoisotopic (exact) mass is 300 g/mol. The van der Waals surface area contributed by atoms with Gasteiger partial charge in [0, 0.05) is 17.0 Å². The van der Waals surface area contributed by atoms with Gasteiger partial charge >= 0.3 is 5.97 Å². The third kappa shape index (κ3) is 1.89. The molecule has 0 radical (unpaired) electrons. The molecule has 0 saturated carbocycles. The minimum absolute atomic E-state index is 0.248. The molecule has 0 fully saturated rings. The Morgan fingerprint density at radius 3 is 2.76 bits per heavy atom. The molecular formula is C11H9BrO5. The standard InChI is InChI=1S/C11H9BrO5/c1-16-9-3-8-5(2-7(9)12)6(4-13)10(17-8)11(14)15/h2-3,13H,4H2,1H3,(H,14,15). The number of furan rings is 1. The van der Waals surface area contributed by atoms with Gasteiger partial charge in [0.05, 0.1) is 18.2 Å². The van der Waals surface area contributed by atoms with Crippen molar-refractivity contribution in [3.63, 3.8) is 0 Å². The predicted octanol–water partition coefficient (Wildman–Crippen LogP) is 2.39. The Kier molecular flexibility index (Phi) is 3.08. The number of aromatic carboxylic acids is 1. The highest BCUT2D eigenvalue weighted by molar-refractivity contribution is 9.10. The number of benzene rings is 1. The van der Waals surface area contributed by atoms with Crippen LogP contribution in [0.4, 0.5) is 0 Å². The van der Waals surface area contributed by atoms with Crippen LogP contribution in [0, 0.1) is 0 Å². The maximum atomic E-state index is 10.9. The van der Waals surface area contributed by atoms with E-state index >= 15 is 0 Å². The van der Waals surface area contributed by atoms with Crippen LogP contribution in [-0.2, 0) is 6.61 Å². The number of halogens is 1. The maximum absolute atomic E-state index is 10.9. The molecule has 17 heavy (non-hydrogen) atoms. The van der Waals surface area contributed by atoms with Gasteiger partial charge in [0.15, 0.2) is 0 Å². The van der Waals surface area contributed by atoms with Crippen LogP contribution in [0.3, 0.4) is 0 Å². The van der Waals surface area contributed by atoms with E-state index in [1.807, 2.05) is 0 Å². The first-order valence-corrected chi connectivity index (χ1v) is 5.50. The van der Waals surface area contributed by atoms with Crippen molar-refractivity contribution in [2.45, 2.75) is 6.61 Å². The van der Waals surface area contributed by atoms with Gasteiger partial charge in [0.25, 0.3) is 0 Å². The van der Waals surface area contributed by atoms with Crippen molar-refractivity contribution in [1.29, 1.82) is 0 Å². The minimum Gasteiger partial charge on any atom is -0.495 e. The molecular weight excluding hydrogens is 292 g/mol. The summed E-state index contributed by atoms with van der Waals surface area (Å²) in [5, 5.41) is 18.7. The van der Waals surface area contributed by atoms with Gasteiger partial charge in [-0.05, 0) is 22.0 Å². The SMILES string of the molecule is COc1cc2oc(C(=O)O)c(CO)c2cc1Br. The van der Waals surface area contributed by atoms with Crippen LogP contribution in [0.5, 0.6) is 5.75 Å². The molecule has 0 unspecified atom stereocenters. The largest absolute Gasteiger partial charge is 0.495 e. The van der Waals surface area contributed by atoms with Crippen molar-refractivity contribution < 1.29 is 24.2 Å². The molecule has 90 valence electrons. The number of hydrogen-bond acceptors (Lipinski definition) is 4. The Bertz CT molecular complexity index is 587. The van der Waals surface area contributed by atoms with Crippen molar-refractivity contribution in [3.05, 3.63) is 27.9 Å². The van der Waals surface area contributed by atoms with Crippen molar-refractivity contribution in [3.8, 4) is 5.75 Å². The van der Waals surface area contributed by atoms with E-state index in [-0.39, 0.29) is 11.3 Å². The molecule has 0 amide bonds. The minimum atomic E-state index is -1.21. The van der Waals surface area contributed by atoms with Gasteiger partial charge in [-0.3, -0.25) is 0 Å². The fourth-order valence-corrected chi connectivity index (χ4v) is 2.14. The number of carboxylic acids is 1. The van der Waals surface area contributed by atoms with Crippen LogP contribution in [0.15, 0.2) is 21.0 Å². The summed E-state index contributed by atoms with van der Waals surface area (Å²) in [7, 11) is 1.50. The Hall–Kier alpha value is -1.53. The number of fused-ring (bicyclic) bond motifs is 1. The number of aliphatic hydroxyl groups is 1.